The van der Waals surface area contributed by atoms with Crippen LogP contribution in [-0.2, 0) is 10.0 Å². The van der Waals surface area contributed by atoms with Crippen LogP contribution < -0.4 is 14.8 Å². The highest BCUT2D eigenvalue weighted by atomic mass is 32.2. The number of ether oxygens (including phenoxy) is 1. The molecule has 1 aromatic heterocycles. The van der Waals surface area contributed by atoms with Crippen molar-refractivity contribution in [3.8, 4) is 5.88 Å². The van der Waals surface area contributed by atoms with E-state index in [2.05, 4.69) is 20.0 Å². The Morgan fingerprint density at radius 3 is 2.90 bits per heavy atom. The molecule has 21 heavy (non-hydrogen) atoms. The second kappa shape index (κ2) is 7.04. The van der Waals surface area contributed by atoms with Gasteiger partial charge in [0.05, 0.1) is 25.3 Å². The third-order valence-corrected chi connectivity index (χ3v) is 4.21. The number of nitrogens with one attached hydrogen (secondary N) is 2. The molecule has 0 radical (unpaired) electrons. The zero-order valence-electron chi connectivity index (χ0n) is 12.4. The lowest BCUT2D eigenvalue weighted by Gasteiger charge is -2.20. The standard InChI is InChI=1S/C13H22N4O3S/c1-3-20-13-9-14-8-12(16-13)15-7-10-5-4-6-11(10)17-21(2,18)19/h8-11,17H,3-7H2,1-2H3,(H,15,16). The van der Waals surface area contributed by atoms with Crippen molar-refractivity contribution in [3.05, 3.63) is 12.4 Å². The molecule has 118 valence electrons. The molecule has 0 aromatic carbocycles. The first kappa shape index (κ1) is 16.0. The first-order valence-electron chi connectivity index (χ1n) is 7.14. The fourth-order valence-corrected chi connectivity index (χ4v) is 3.46. The lowest BCUT2D eigenvalue weighted by Crippen LogP contribution is -2.39. The van der Waals surface area contributed by atoms with E-state index in [0.717, 1.165) is 19.3 Å². The van der Waals surface area contributed by atoms with Gasteiger partial charge in [0.2, 0.25) is 15.9 Å². The molecule has 1 saturated carbocycles. The van der Waals surface area contributed by atoms with Gasteiger partial charge in [-0.3, -0.25) is 4.98 Å². The fourth-order valence-electron chi connectivity index (χ4n) is 2.60. The van der Waals surface area contributed by atoms with Gasteiger partial charge in [-0.2, -0.15) is 4.98 Å². The van der Waals surface area contributed by atoms with Crippen molar-refractivity contribution in [2.24, 2.45) is 5.92 Å². The van der Waals surface area contributed by atoms with Gasteiger partial charge in [0.1, 0.15) is 5.82 Å². The Hall–Kier alpha value is -1.41. The van der Waals surface area contributed by atoms with Crippen LogP contribution in [0.25, 0.3) is 0 Å². The summed E-state index contributed by atoms with van der Waals surface area (Å²) >= 11 is 0. The molecule has 2 N–H and O–H groups in total. The zero-order chi connectivity index (χ0) is 15.3. The van der Waals surface area contributed by atoms with E-state index in [0.29, 0.717) is 24.8 Å². The molecule has 0 saturated heterocycles. The van der Waals surface area contributed by atoms with Crippen LogP contribution in [0.1, 0.15) is 26.2 Å². The van der Waals surface area contributed by atoms with E-state index < -0.39 is 10.0 Å². The number of anilines is 1. The predicted molar refractivity (Wildman–Crippen MR) is 80.8 cm³/mol. The monoisotopic (exact) mass is 314 g/mol. The summed E-state index contributed by atoms with van der Waals surface area (Å²) in [5.41, 5.74) is 0. The van der Waals surface area contributed by atoms with Gasteiger partial charge in [0, 0.05) is 12.6 Å². The van der Waals surface area contributed by atoms with Gasteiger partial charge in [-0.05, 0) is 25.7 Å². The smallest absolute Gasteiger partial charge is 0.234 e. The van der Waals surface area contributed by atoms with Gasteiger partial charge < -0.3 is 10.1 Å². The Balaban J connectivity index is 1.91. The number of nitrogens with zero attached hydrogens (tertiary/aromatic N) is 2. The van der Waals surface area contributed by atoms with E-state index in [-0.39, 0.29) is 12.0 Å². The molecule has 2 rings (SSSR count). The highest BCUT2D eigenvalue weighted by molar-refractivity contribution is 7.88. The van der Waals surface area contributed by atoms with Crippen LogP contribution in [0, 0.1) is 5.92 Å². The topological polar surface area (TPSA) is 93.2 Å². The van der Waals surface area contributed by atoms with Crippen LogP contribution in [0.5, 0.6) is 5.88 Å². The highest BCUT2D eigenvalue weighted by Crippen LogP contribution is 2.26. The highest BCUT2D eigenvalue weighted by Gasteiger charge is 2.29. The quantitative estimate of drug-likeness (QED) is 0.780. The molecular weight excluding hydrogens is 292 g/mol. The average molecular weight is 314 g/mol. The van der Waals surface area contributed by atoms with Gasteiger partial charge in [-0.1, -0.05) is 6.42 Å². The molecule has 2 atom stereocenters. The van der Waals surface area contributed by atoms with Gasteiger partial charge >= 0.3 is 0 Å². The van der Waals surface area contributed by atoms with Crippen molar-refractivity contribution in [2.75, 3.05) is 24.7 Å². The Kier molecular flexibility index (Phi) is 5.35. The molecule has 1 aliphatic rings. The van der Waals surface area contributed by atoms with Crippen LogP contribution in [0.15, 0.2) is 12.4 Å². The summed E-state index contributed by atoms with van der Waals surface area (Å²) in [5, 5.41) is 3.21. The molecule has 1 fully saturated rings. The van der Waals surface area contributed by atoms with Crippen molar-refractivity contribution in [2.45, 2.75) is 32.2 Å². The molecule has 0 spiro atoms. The maximum Gasteiger partial charge on any atom is 0.234 e. The molecule has 0 aliphatic heterocycles. The summed E-state index contributed by atoms with van der Waals surface area (Å²) in [7, 11) is -3.16. The molecular formula is C13H22N4O3S. The normalized spacial score (nSPS) is 22.2. The fraction of sp³-hybridized carbons (Fsp3) is 0.692. The molecule has 8 heteroatoms. The van der Waals surface area contributed by atoms with Crippen LogP contribution >= 0.6 is 0 Å². The average Bonchev–Trinajstić information content (AvgIpc) is 2.82. The van der Waals surface area contributed by atoms with Crippen molar-refractivity contribution in [1.29, 1.82) is 0 Å². The van der Waals surface area contributed by atoms with Gasteiger partial charge in [0.25, 0.3) is 0 Å². The summed E-state index contributed by atoms with van der Waals surface area (Å²) < 4.78 is 30.7. The summed E-state index contributed by atoms with van der Waals surface area (Å²) in [4.78, 5) is 8.35. The van der Waals surface area contributed by atoms with Crippen LogP contribution in [0.4, 0.5) is 5.82 Å². The minimum absolute atomic E-state index is 0.00414. The Morgan fingerprint density at radius 1 is 1.38 bits per heavy atom. The van der Waals surface area contributed by atoms with Crippen LogP contribution in [0.2, 0.25) is 0 Å². The van der Waals surface area contributed by atoms with E-state index in [1.807, 2.05) is 6.92 Å². The third kappa shape index (κ3) is 5.13. The Bertz CT molecular complexity index is 564. The maximum absolute atomic E-state index is 11.4. The molecule has 0 bridgehead atoms. The van der Waals surface area contributed by atoms with E-state index in [1.54, 1.807) is 12.4 Å². The minimum Gasteiger partial charge on any atom is -0.477 e. The SMILES string of the molecule is CCOc1cncc(NCC2CCCC2NS(C)(=O)=O)n1. The molecule has 7 nitrogen and oxygen atoms in total. The number of rotatable bonds is 7. The first-order chi connectivity index (χ1) is 9.98. The van der Waals surface area contributed by atoms with E-state index in [9.17, 15) is 8.42 Å². The van der Waals surface area contributed by atoms with E-state index in [4.69, 9.17) is 4.74 Å². The van der Waals surface area contributed by atoms with Crippen molar-refractivity contribution < 1.29 is 13.2 Å². The zero-order valence-corrected chi connectivity index (χ0v) is 13.2. The molecule has 0 amide bonds. The van der Waals surface area contributed by atoms with Crippen LogP contribution in [0.3, 0.4) is 0 Å². The molecule has 1 aromatic rings. The van der Waals surface area contributed by atoms with E-state index >= 15 is 0 Å². The van der Waals surface area contributed by atoms with Crippen molar-refractivity contribution >= 4 is 15.8 Å². The summed E-state index contributed by atoms with van der Waals surface area (Å²) in [6, 6.07) is -0.00414. The number of hydrogen-bond acceptors (Lipinski definition) is 6. The maximum atomic E-state index is 11.4. The summed E-state index contributed by atoms with van der Waals surface area (Å²) in [5.74, 6) is 1.39. The second-order valence-electron chi connectivity index (χ2n) is 5.24. The van der Waals surface area contributed by atoms with Crippen LogP contribution in [-0.4, -0.2) is 43.8 Å². The number of aromatic nitrogens is 2. The largest absolute Gasteiger partial charge is 0.477 e. The predicted octanol–water partition coefficient (Wildman–Crippen LogP) is 1.01. The molecule has 2 unspecified atom stereocenters. The summed E-state index contributed by atoms with van der Waals surface area (Å²) in [6.07, 6.45) is 7.31. The Morgan fingerprint density at radius 2 is 2.19 bits per heavy atom. The molecule has 1 aliphatic carbocycles. The van der Waals surface area contributed by atoms with Gasteiger partial charge in [0.15, 0.2) is 0 Å². The van der Waals surface area contributed by atoms with Gasteiger partial charge in [-0.15, -0.1) is 0 Å². The van der Waals surface area contributed by atoms with Crippen molar-refractivity contribution in [1.82, 2.24) is 14.7 Å². The lowest BCUT2D eigenvalue weighted by molar-refractivity contribution is 0.325. The number of hydrogen-bond donors (Lipinski definition) is 2. The van der Waals surface area contributed by atoms with Gasteiger partial charge in [-0.25, -0.2) is 13.1 Å². The Labute approximate surface area is 125 Å². The van der Waals surface area contributed by atoms with E-state index in [1.165, 1.54) is 6.26 Å². The summed E-state index contributed by atoms with van der Waals surface area (Å²) in [6.45, 7) is 3.10. The third-order valence-electron chi connectivity index (χ3n) is 3.47. The minimum atomic E-state index is -3.16. The van der Waals surface area contributed by atoms with Crippen molar-refractivity contribution in [3.63, 3.8) is 0 Å². The lowest BCUT2D eigenvalue weighted by atomic mass is 10.1. The number of sulfonamides is 1. The first-order valence-corrected chi connectivity index (χ1v) is 9.03. The second-order valence-corrected chi connectivity index (χ2v) is 7.02. The molecule has 1 heterocycles.